The Labute approximate surface area is 177 Å². The number of unbranched alkanes of at least 4 members (excludes halogenated alkanes) is 1. The summed E-state index contributed by atoms with van der Waals surface area (Å²) < 4.78 is 22.4. The fourth-order valence-corrected chi connectivity index (χ4v) is 4.22. The van der Waals surface area contributed by atoms with Gasteiger partial charge in [0.25, 0.3) is 5.91 Å². The van der Waals surface area contributed by atoms with Gasteiger partial charge in [0, 0.05) is 26.1 Å². The normalized spacial score (nSPS) is 21.7. The van der Waals surface area contributed by atoms with Crippen molar-refractivity contribution in [1.82, 2.24) is 10.2 Å². The van der Waals surface area contributed by atoms with Crippen molar-refractivity contribution in [2.45, 2.75) is 32.3 Å². The van der Waals surface area contributed by atoms with E-state index in [2.05, 4.69) is 17.1 Å². The Morgan fingerprint density at radius 2 is 2.07 bits per heavy atom. The molecule has 2 heterocycles. The van der Waals surface area contributed by atoms with Gasteiger partial charge in [-0.1, -0.05) is 24.9 Å². The highest BCUT2D eigenvalue weighted by Crippen LogP contribution is 2.46. The van der Waals surface area contributed by atoms with Crippen molar-refractivity contribution < 1.29 is 23.7 Å². The average Bonchev–Trinajstić information content (AvgIpc) is 2.75. The first kappa shape index (κ1) is 22.0. The zero-order valence-corrected chi connectivity index (χ0v) is 18.2. The standard InChI is InChI=1S/C21H31ClN2O5/c1-4-5-7-24-8-6-14(17(13-24)26-2)12-23-21(25)15-11-16(22)19(27-3)20-18(15)28-9-10-29-20/h11,14,17H,4-10,12-13H2,1-3H3,(H,23,25)/t14-,17+/m0/s1. The molecule has 7 nitrogen and oxygen atoms in total. The number of fused-ring (bicyclic) bond motifs is 1. The molecule has 1 fully saturated rings. The Kier molecular flexibility index (Phi) is 7.86. The summed E-state index contributed by atoms with van der Waals surface area (Å²) in [6.07, 6.45) is 3.48. The minimum atomic E-state index is -0.237. The molecular formula is C21H31ClN2O5. The molecule has 0 saturated carbocycles. The minimum absolute atomic E-state index is 0.105. The van der Waals surface area contributed by atoms with E-state index in [0.717, 1.165) is 26.1 Å². The van der Waals surface area contributed by atoms with Gasteiger partial charge in [-0.2, -0.15) is 0 Å². The molecule has 0 unspecified atom stereocenters. The molecule has 29 heavy (non-hydrogen) atoms. The molecule has 1 aromatic carbocycles. The first-order valence-electron chi connectivity index (χ1n) is 10.3. The lowest BCUT2D eigenvalue weighted by Crippen LogP contribution is -2.48. The second kappa shape index (κ2) is 10.4. The number of nitrogens with one attached hydrogen (secondary N) is 1. The Morgan fingerprint density at radius 1 is 1.31 bits per heavy atom. The largest absolute Gasteiger partial charge is 0.491 e. The van der Waals surface area contributed by atoms with Gasteiger partial charge in [0.2, 0.25) is 5.75 Å². The summed E-state index contributed by atoms with van der Waals surface area (Å²) in [5, 5.41) is 3.35. The third-order valence-electron chi connectivity index (χ3n) is 5.61. The van der Waals surface area contributed by atoms with Crippen LogP contribution in [0.2, 0.25) is 5.02 Å². The Hall–Kier alpha value is -1.70. The van der Waals surface area contributed by atoms with Gasteiger partial charge in [-0.15, -0.1) is 0 Å². The number of likely N-dealkylation sites (tertiary alicyclic amines) is 1. The number of ether oxygens (including phenoxy) is 4. The predicted molar refractivity (Wildman–Crippen MR) is 112 cm³/mol. The molecule has 0 aliphatic carbocycles. The SMILES string of the molecule is CCCCN1CC[C@@H](CNC(=O)c2cc(Cl)c(OC)c3c2OCCO3)[C@H](OC)C1. The van der Waals surface area contributed by atoms with Gasteiger partial charge in [0.1, 0.15) is 13.2 Å². The Bertz CT molecular complexity index is 715. The van der Waals surface area contributed by atoms with Gasteiger partial charge < -0.3 is 29.2 Å². The minimum Gasteiger partial charge on any atom is -0.491 e. The van der Waals surface area contributed by atoms with Crippen molar-refractivity contribution in [2.24, 2.45) is 5.92 Å². The second-order valence-corrected chi connectivity index (χ2v) is 7.89. The van der Waals surface area contributed by atoms with Crippen LogP contribution in [0.1, 0.15) is 36.5 Å². The van der Waals surface area contributed by atoms with Crippen molar-refractivity contribution in [2.75, 3.05) is 53.6 Å². The zero-order valence-electron chi connectivity index (χ0n) is 17.5. The summed E-state index contributed by atoms with van der Waals surface area (Å²) >= 11 is 6.30. The number of benzene rings is 1. The van der Waals surface area contributed by atoms with Crippen LogP contribution in [0, 0.1) is 5.92 Å². The molecule has 1 saturated heterocycles. The van der Waals surface area contributed by atoms with Crippen LogP contribution >= 0.6 is 11.6 Å². The first-order chi connectivity index (χ1) is 14.1. The molecule has 2 aliphatic rings. The maximum atomic E-state index is 12.9. The summed E-state index contributed by atoms with van der Waals surface area (Å²) in [6.45, 7) is 6.53. The highest BCUT2D eigenvalue weighted by Gasteiger charge is 2.31. The lowest BCUT2D eigenvalue weighted by atomic mass is 9.93. The third-order valence-corrected chi connectivity index (χ3v) is 5.89. The van der Waals surface area contributed by atoms with Gasteiger partial charge in [-0.25, -0.2) is 0 Å². The number of rotatable bonds is 8. The van der Waals surface area contributed by atoms with E-state index in [0.29, 0.717) is 47.6 Å². The van der Waals surface area contributed by atoms with Crippen LogP contribution in [-0.2, 0) is 4.74 Å². The van der Waals surface area contributed by atoms with Gasteiger partial charge in [-0.3, -0.25) is 4.79 Å². The predicted octanol–water partition coefficient (Wildman–Crippen LogP) is 2.99. The number of hydrogen-bond donors (Lipinski definition) is 1. The summed E-state index contributed by atoms with van der Waals surface area (Å²) in [4.78, 5) is 15.4. The zero-order chi connectivity index (χ0) is 20.8. The first-order valence-corrected chi connectivity index (χ1v) is 10.7. The lowest BCUT2D eigenvalue weighted by molar-refractivity contribution is -0.0106. The van der Waals surface area contributed by atoms with Crippen molar-refractivity contribution in [1.29, 1.82) is 0 Å². The van der Waals surface area contributed by atoms with Crippen molar-refractivity contribution in [3.05, 3.63) is 16.7 Å². The van der Waals surface area contributed by atoms with Gasteiger partial charge in [0.05, 0.1) is 23.8 Å². The molecule has 0 aromatic heterocycles. The fourth-order valence-electron chi connectivity index (χ4n) is 3.95. The number of carbonyl (C=O) groups excluding carboxylic acids is 1. The Balaban J connectivity index is 1.66. The van der Waals surface area contributed by atoms with E-state index in [1.807, 2.05) is 0 Å². The van der Waals surface area contributed by atoms with Crippen molar-refractivity contribution in [3.63, 3.8) is 0 Å². The fraction of sp³-hybridized carbons (Fsp3) is 0.667. The second-order valence-electron chi connectivity index (χ2n) is 7.48. The topological polar surface area (TPSA) is 69.3 Å². The molecule has 0 radical (unpaired) electrons. The average molecular weight is 427 g/mol. The maximum Gasteiger partial charge on any atom is 0.255 e. The van der Waals surface area contributed by atoms with Crippen LogP contribution in [0.15, 0.2) is 6.07 Å². The molecule has 3 rings (SSSR count). The smallest absolute Gasteiger partial charge is 0.255 e. The number of methoxy groups -OCH3 is 2. The van der Waals surface area contributed by atoms with E-state index in [-0.39, 0.29) is 17.9 Å². The van der Waals surface area contributed by atoms with Crippen LogP contribution in [0.4, 0.5) is 0 Å². The summed E-state index contributed by atoms with van der Waals surface area (Å²) in [5.41, 5.74) is 0.361. The third kappa shape index (κ3) is 5.08. The number of nitrogens with zero attached hydrogens (tertiary/aromatic N) is 1. The highest BCUT2D eigenvalue weighted by atomic mass is 35.5. The molecule has 8 heteroatoms. The van der Waals surface area contributed by atoms with Crippen molar-refractivity contribution in [3.8, 4) is 17.2 Å². The lowest BCUT2D eigenvalue weighted by Gasteiger charge is -2.38. The Morgan fingerprint density at radius 3 is 2.76 bits per heavy atom. The number of halogens is 1. The van der Waals surface area contributed by atoms with E-state index in [9.17, 15) is 4.79 Å². The summed E-state index contributed by atoms with van der Waals surface area (Å²) in [6, 6.07) is 1.57. The molecule has 2 aliphatic heterocycles. The van der Waals surface area contributed by atoms with E-state index in [1.165, 1.54) is 20.0 Å². The number of hydrogen-bond acceptors (Lipinski definition) is 6. The summed E-state index contributed by atoms with van der Waals surface area (Å²) in [5.74, 6) is 1.18. The maximum absolute atomic E-state index is 12.9. The number of carbonyl (C=O) groups is 1. The number of amides is 1. The highest BCUT2D eigenvalue weighted by molar-refractivity contribution is 6.33. The summed E-state index contributed by atoms with van der Waals surface area (Å²) in [7, 11) is 3.25. The van der Waals surface area contributed by atoms with Gasteiger partial charge >= 0.3 is 0 Å². The molecular weight excluding hydrogens is 396 g/mol. The molecule has 1 N–H and O–H groups in total. The van der Waals surface area contributed by atoms with Crippen LogP contribution in [0.5, 0.6) is 17.2 Å². The molecule has 162 valence electrons. The molecule has 0 bridgehead atoms. The molecule has 2 atom stereocenters. The van der Waals surface area contributed by atoms with E-state index in [4.69, 9.17) is 30.5 Å². The van der Waals surface area contributed by atoms with Crippen LogP contribution in [-0.4, -0.2) is 70.5 Å². The molecule has 0 spiro atoms. The van der Waals surface area contributed by atoms with Crippen LogP contribution < -0.4 is 19.5 Å². The molecule has 1 aromatic rings. The van der Waals surface area contributed by atoms with Crippen LogP contribution in [0.3, 0.4) is 0 Å². The molecule has 1 amide bonds. The number of piperidine rings is 1. The van der Waals surface area contributed by atoms with Gasteiger partial charge in [-0.05, 0) is 32.0 Å². The van der Waals surface area contributed by atoms with Crippen LogP contribution in [0.25, 0.3) is 0 Å². The quantitative estimate of drug-likeness (QED) is 0.689. The van der Waals surface area contributed by atoms with E-state index < -0.39 is 0 Å². The van der Waals surface area contributed by atoms with Gasteiger partial charge in [0.15, 0.2) is 11.5 Å². The van der Waals surface area contributed by atoms with E-state index in [1.54, 1.807) is 13.2 Å². The van der Waals surface area contributed by atoms with Crippen molar-refractivity contribution >= 4 is 17.5 Å². The monoisotopic (exact) mass is 426 g/mol. The van der Waals surface area contributed by atoms with E-state index >= 15 is 0 Å².